The molecule has 0 amide bonds. The number of unbranched alkanes of at least 4 members (excludes halogenated alkanes) is 2. The number of benzene rings is 2. The van der Waals surface area contributed by atoms with Crippen LogP contribution in [-0.2, 0) is 19.4 Å². The molecule has 0 atom stereocenters. The number of aryl methyl sites for hydroxylation is 3. The van der Waals surface area contributed by atoms with Crippen molar-refractivity contribution in [1.82, 2.24) is 14.4 Å². The monoisotopic (exact) mass is 473 g/mol. The van der Waals surface area contributed by atoms with Crippen molar-refractivity contribution in [3.05, 3.63) is 47.5 Å². The number of aromatic nitrogens is 1. The van der Waals surface area contributed by atoms with Crippen LogP contribution in [0.1, 0.15) is 82.3 Å². The van der Waals surface area contributed by atoms with E-state index in [1.807, 2.05) is 0 Å². The highest BCUT2D eigenvalue weighted by Crippen LogP contribution is 2.31. The SMILES string of the molecule is CCn1c2ccc(CCCCN3CCCCC3)cc2c2cc(CCCCN3CCCCC3)ccc21. The molecule has 3 heteroatoms. The minimum atomic E-state index is 1.03. The first-order valence-electron chi connectivity index (χ1n) is 14.8. The highest BCUT2D eigenvalue weighted by atomic mass is 15.1. The van der Waals surface area contributed by atoms with Crippen molar-refractivity contribution in [2.45, 2.75) is 90.5 Å². The molecule has 0 spiro atoms. The van der Waals surface area contributed by atoms with Gasteiger partial charge in [0.1, 0.15) is 0 Å². The largest absolute Gasteiger partial charge is 0.341 e. The zero-order valence-electron chi connectivity index (χ0n) is 22.2. The molecular weight excluding hydrogens is 426 g/mol. The predicted octanol–water partition coefficient (Wildman–Crippen LogP) is 7.43. The van der Waals surface area contributed by atoms with Gasteiger partial charge in [0.25, 0.3) is 0 Å². The molecule has 5 rings (SSSR count). The maximum Gasteiger partial charge on any atom is 0.0491 e. The van der Waals surface area contributed by atoms with Crippen LogP contribution in [0, 0.1) is 0 Å². The third-order valence-electron chi connectivity index (χ3n) is 8.59. The Labute approximate surface area is 213 Å². The Balaban J connectivity index is 1.22. The van der Waals surface area contributed by atoms with E-state index in [9.17, 15) is 0 Å². The summed E-state index contributed by atoms with van der Waals surface area (Å²) in [6, 6.07) is 14.6. The molecule has 0 radical (unpaired) electrons. The summed E-state index contributed by atoms with van der Waals surface area (Å²) >= 11 is 0. The van der Waals surface area contributed by atoms with Crippen LogP contribution in [0.5, 0.6) is 0 Å². The number of piperidine rings is 2. The summed E-state index contributed by atoms with van der Waals surface area (Å²) in [5.41, 5.74) is 5.83. The number of likely N-dealkylation sites (tertiary alicyclic amines) is 2. The van der Waals surface area contributed by atoms with Crippen LogP contribution < -0.4 is 0 Å². The summed E-state index contributed by atoms with van der Waals surface area (Å²) in [6.07, 6.45) is 16.1. The summed E-state index contributed by atoms with van der Waals surface area (Å²) in [5.74, 6) is 0. The van der Waals surface area contributed by atoms with Gasteiger partial charge in [-0.05, 0) is 146 Å². The Bertz CT molecular complexity index is 986. The summed E-state index contributed by atoms with van der Waals surface area (Å²) in [7, 11) is 0. The standard InChI is InChI=1S/C32H47N3/c1-2-35-31-17-15-27(13-5-11-23-33-19-7-3-8-20-33)25-29(31)30-26-28(16-18-32(30)35)14-6-12-24-34-21-9-4-10-22-34/h15-18,25-26H,2-14,19-24H2,1H3. The van der Waals surface area contributed by atoms with Crippen molar-refractivity contribution in [2.24, 2.45) is 0 Å². The van der Waals surface area contributed by atoms with Gasteiger partial charge in [0.05, 0.1) is 0 Å². The van der Waals surface area contributed by atoms with Crippen molar-refractivity contribution in [3.8, 4) is 0 Å². The zero-order valence-corrected chi connectivity index (χ0v) is 22.2. The molecule has 0 N–H and O–H groups in total. The van der Waals surface area contributed by atoms with Crippen molar-refractivity contribution in [1.29, 1.82) is 0 Å². The minimum absolute atomic E-state index is 1.03. The third-order valence-corrected chi connectivity index (χ3v) is 8.59. The van der Waals surface area contributed by atoms with E-state index in [2.05, 4.69) is 57.7 Å². The van der Waals surface area contributed by atoms with Crippen LogP contribution in [-0.4, -0.2) is 53.6 Å². The first-order chi connectivity index (χ1) is 17.3. The quantitative estimate of drug-likeness (QED) is 0.268. The first kappa shape index (κ1) is 24.8. The highest BCUT2D eigenvalue weighted by Gasteiger charge is 2.13. The maximum atomic E-state index is 2.68. The number of hydrogen-bond donors (Lipinski definition) is 0. The second-order valence-corrected chi connectivity index (χ2v) is 11.2. The predicted molar refractivity (Wildman–Crippen MR) is 152 cm³/mol. The van der Waals surface area contributed by atoms with Crippen molar-refractivity contribution in [2.75, 3.05) is 39.3 Å². The molecular formula is C32H47N3. The van der Waals surface area contributed by atoms with E-state index < -0.39 is 0 Å². The molecule has 0 bridgehead atoms. The van der Waals surface area contributed by atoms with E-state index in [0.29, 0.717) is 0 Å². The van der Waals surface area contributed by atoms with E-state index in [-0.39, 0.29) is 0 Å². The molecule has 0 unspecified atom stereocenters. The zero-order chi connectivity index (χ0) is 23.9. The van der Waals surface area contributed by atoms with Gasteiger partial charge < -0.3 is 14.4 Å². The van der Waals surface area contributed by atoms with Gasteiger partial charge in [-0.1, -0.05) is 25.0 Å². The second kappa shape index (κ2) is 12.4. The molecule has 1 aromatic heterocycles. The van der Waals surface area contributed by atoms with Crippen LogP contribution >= 0.6 is 0 Å². The second-order valence-electron chi connectivity index (χ2n) is 11.2. The van der Waals surface area contributed by atoms with Gasteiger partial charge in [-0.2, -0.15) is 0 Å². The summed E-state index contributed by atoms with van der Waals surface area (Å²) in [6.45, 7) is 11.2. The van der Waals surface area contributed by atoms with Gasteiger partial charge in [-0.15, -0.1) is 0 Å². The lowest BCUT2D eigenvalue weighted by atomic mass is 10.0. The summed E-state index contributed by atoms with van der Waals surface area (Å²) in [4.78, 5) is 5.35. The maximum absolute atomic E-state index is 2.68. The van der Waals surface area contributed by atoms with E-state index in [1.165, 1.54) is 149 Å². The van der Waals surface area contributed by atoms with E-state index in [4.69, 9.17) is 0 Å². The summed E-state index contributed by atoms with van der Waals surface area (Å²) < 4.78 is 2.50. The highest BCUT2D eigenvalue weighted by molar-refractivity contribution is 6.08. The lowest BCUT2D eigenvalue weighted by Crippen LogP contribution is -2.30. The third kappa shape index (κ3) is 6.30. The Hall–Kier alpha value is -1.84. The molecule has 3 heterocycles. The van der Waals surface area contributed by atoms with Gasteiger partial charge in [-0.3, -0.25) is 0 Å². The van der Waals surface area contributed by atoms with Gasteiger partial charge >= 0.3 is 0 Å². The van der Waals surface area contributed by atoms with Gasteiger partial charge in [0.2, 0.25) is 0 Å². The number of hydrogen-bond acceptors (Lipinski definition) is 2. The van der Waals surface area contributed by atoms with Crippen molar-refractivity contribution in [3.63, 3.8) is 0 Å². The molecule has 35 heavy (non-hydrogen) atoms. The molecule has 3 nitrogen and oxygen atoms in total. The van der Waals surface area contributed by atoms with E-state index in [1.54, 1.807) is 0 Å². The number of fused-ring (bicyclic) bond motifs is 3. The fourth-order valence-corrected chi connectivity index (χ4v) is 6.55. The number of nitrogens with zero attached hydrogens (tertiary/aromatic N) is 3. The lowest BCUT2D eigenvalue weighted by Gasteiger charge is -2.26. The summed E-state index contributed by atoms with van der Waals surface area (Å²) in [5, 5.41) is 2.93. The van der Waals surface area contributed by atoms with Crippen LogP contribution in [0.2, 0.25) is 0 Å². The van der Waals surface area contributed by atoms with Crippen LogP contribution in [0.4, 0.5) is 0 Å². The van der Waals surface area contributed by atoms with Crippen molar-refractivity contribution < 1.29 is 0 Å². The molecule has 2 aliphatic rings. The van der Waals surface area contributed by atoms with E-state index in [0.717, 1.165) is 6.54 Å². The Kier molecular flexibility index (Phi) is 8.81. The van der Waals surface area contributed by atoms with Gasteiger partial charge in [-0.25, -0.2) is 0 Å². The molecule has 0 aliphatic carbocycles. The van der Waals surface area contributed by atoms with Gasteiger partial charge in [0.15, 0.2) is 0 Å². The number of rotatable bonds is 11. The smallest absolute Gasteiger partial charge is 0.0491 e. The fraction of sp³-hybridized carbons (Fsp3) is 0.625. The van der Waals surface area contributed by atoms with Crippen molar-refractivity contribution >= 4 is 21.8 Å². The topological polar surface area (TPSA) is 11.4 Å². The Morgan fingerprint density at radius 1 is 0.571 bits per heavy atom. The normalized spacial score (nSPS) is 18.1. The average molecular weight is 474 g/mol. The molecule has 2 aliphatic heterocycles. The molecule has 190 valence electrons. The Morgan fingerprint density at radius 2 is 1.03 bits per heavy atom. The molecule has 3 aromatic rings. The molecule has 2 saturated heterocycles. The molecule has 2 aromatic carbocycles. The minimum Gasteiger partial charge on any atom is -0.341 e. The average Bonchev–Trinajstić information content (AvgIpc) is 3.22. The molecule has 0 saturated carbocycles. The lowest BCUT2D eigenvalue weighted by molar-refractivity contribution is 0.225. The van der Waals surface area contributed by atoms with Gasteiger partial charge in [0, 0.05) is 28.4 Å². The first-order valence-corrected chi connectivity index (χ1v) is 14.8. The molecule has 2 fully saturated rings. The van der Waals surface area contributed by atoms with E-state index >= 15 is 0 Å². The van der Waals surface area contributed by atoms with Crippen LogP contribution in [0.15, 0.2) is 36.4 Å². The van der Waals surface area contributed by atoms with Crippen LogP contribution in [0.3, 0.4) is 0 Å². The van der Waals surface area contributed by atoms with Crippen LogP contribution in [0.25, 0.3) is 21.8 Å². The fourth-order valence-electron chi connectivity index (χ4n) is 6.55. The Morgan fingerprint density at radius 3 is 1.46 bits per heavy atom.